The Labute approximate surface area is 264 Å². The number of allylic oxidation sites excluding steroid dienone is 2. The average Bonchev–Trinajstić information content (AvgIpc) is 2.99. The predicted molar refractivity (Wildman–Crippen MR) is 178 cm³/mol. The molecule has 0 saturated carbocycles. The highest BCUT2D eigenvalue weighted by Crippen LogP contribution is 2.43. The van der Waals surface area contributed by atoms with Crippen LogP contribution < -0.4 is 5.73 Å². The SMILES string of the molecule is CCCCCCCCC/C=C\CCCCCCCCOCC(COP(=O)(O)OCCN)OC(=O)CCCCCCCCC. The Morgan fingerprint density at radius 1 is 0.674 bits per heavy atom. The maximum atomic E-state index is 12.4. The van der Waals surface area contributed by atoms with Crippen molar-refractivity contribution < 1.29 is 32.8 Å². The smallest absolute Gasteiger partial charge is 0.457 e. The summed E-state index contributed by atoms with van der Waals surface area (Å²) in [4.78, 5) is 22.2. The summed E-state index contributed by atoms with van der Waals surface area (Å²) in [6, 6.07) is 0. The highest BCUT2D eigenvalue weighted by Gasteiger charge is 2.25. The topological polar surface area (TPSA) is 117 Å². The van der Waals surface area contributed by atoms with Crippen LogP contribution in [0.5, 0.6) is 0 Å². The molecule has 0 radical (unpaired) electrons. The van der Waals surface area contributed by atoms with Crippen molar-refractivity contribution in [3.8, 4) is 0 Å². The Bertz CT molecular complexity index is 677. The molecule has 0 rings (SSSR count). The first-order chi connectivity index (χ1) is 20.9. The number of unbranched alkanes of at least 4 members (excludes halogenated alkanes) is 19. The monoisotopic (exact) mass is 633 g/mol. The van der Waals surface area contributed by atoms with Gasteiger partial charge in [0, 0.05) is 19.6 Å². The number of carbonyl (C=O) groups excluding carboxylic acids is 1. The van der Waals surface area contributed by atoms with Gasteiger partial charge < -0.3 is 20.1 Å². The van der Waals surface area contributed by atoms with Crippen molar-refractivity contribution in [3.05, 3.63) is 12.2 Å². The van der Waals surface area contributed by atoms with Gasteiger partial charge in [-0.1, -0.05) is 129 Å². The number of hydrogen-bond acceptors (Lipinski definition) is 7. The van der Waals surface area contributed by atoms with Gasteiger partial charge in [-0.25, -0.2) is 4.57 Å². The summed E-state index contributed by atoms with van der Waals surface area (Å²) < 4.78 is 33.1. The molecule has 0 heterocycles. The van der Waals surface area contributed by atoms with Crippen LogP contribution >= 0.6 is 7.82 Å². The first-order valence-corrected chi connectivity index (χ1v) is 19.2. The molecule has 2 unspecified atom stereocenters. The summed E-state index contributed by atoms with van der Waals surface area (Å²) in [5, 5.41) is 0. The zero-order chi connectivity index (χ0) is 31.7. The van der Waals surface area contributed by atoms with Gasteiger partial charge in [-0.15, -0.1) is 0 Å². The zero-order valence-electron chi connectivity index (χ0n) is 28.0. The molecule has 0 fully saturated rings. The first kappa shape index (κ1) is 42.2. The minimum Gasteiger partial charge on any atom is -0.457 e. The second-order valence-electron chi connectivity index (χ2n) is 11.7. The third-order valence-corrected chi connectivity index (χ3v) is 8.42. The standard InChI is InChI=1S/C34H68NO7P/c1-3-5-7-9-11-12-13-14-15-16-17-18-19-20-22-24-26-29-39-31-33(32-41-43(37,38)40-30-28-35)42-34(36)27-25-23-21-10-8-6-4-2/h15-16,33H,3-14,17-32,35H2,1-2H3,(H,37,38)/b16-15-. The average molecular weight is 634 g/mol. The van der Waals surface area contributed by atoms with E-state index in [9.17, 15) is 14.3 Å². The minimum absolute atomic E-state index is 0.0942. The number of nitrogens with two attached hydrogens (primary N) is 1. The van der Waals surface area contributed by atoms with Crippen molar-refractivity contribution in [2.45, 2.75) is 168 Å². The van der Waals surface area contributed by atoms with Crippen molar-refractivity contribution in [3.63, 3.8) is 0 Å². The van der Waals surface area contributed by atoms with E-state index in [1.54, 1.807) is 0 Å². The fourth-order valence-electron chi connectivity index (χ4n) is 4.81. The van der Waals surface area contributed by atoms with Crippen LogP contribution in [-0.2, 0) is 27.9 Å². The third kappa shape index (κ3) is 32.4. The molecule has 43 heavy (non-hydrogen) atoms. The van der Waals surface area contributed by atoms with E-state index in [0.29, 0.717) is 13.0 Å². The Balaban J connectivity index is 4.01. The van der Waals surface area contributed by atoms with E-state index < -0.39 is 13.9 Å². The van der Waals surface area contributed by atoms with E-state index in [2.05, 4.69) is 26.0 Å². The lowest BCUT2D eigenvalue weighted by Gasteiger charge is -2.20. The van der Waals surface area contributed by atoms with Crippen molar-refractivity contribution in [2.75, 3.05) is 33.0 Å². The van der Waals surface area contributed by atoms with Crippen LogP contribution in [0.15, 0.2) is 12.2 Å². The van der Waals surface area contributed by atoms with Crippen molar-refractivity contribution >= 4 is 13.8 Å². The largest absolute Gasteiger partial charge is 0.472 e. The number of phosphoric ester groups is 1. The van der Waals surface area contributed by atoms with Crippen LogP contribution in [-0.4, -0.2) is 49.9 Å². The van der Waals surface area contributed by atoms with E-state index in [-0.39, 0.29) is 32.3 Å². The van der Waals surface area contributed by atoms with Gasteiger partial charge in [0.25, 0.3) is 0 Å². The molecule has 9 heteroatoms. The van der Waals surface area contributed by atoms with Gasteiger partial charge in [0.1, 0.15) is 6.10 Å². The van der Waals surface area contributed by atoms with Crippen LogP contribution in [0.2, 0.25) is 0 Å². The van der Waals surface area contributed by atoms with Crippen LogP contribution in [0.25, 0.3) is 0 Å². The van der Waals surface area contributed by atoms with E-state index in [0.717, 1.165) is 32.1 Å². The molecular weight excluding hydrogens is 565 g/mol. The molecule has 256 valence electrons. The molecule has 0 spiro atoms. The number of esters is 1. The molecule has 2 atom stereocenters. The fourth-order valence-corrected chi connectivity index (χ4v) is 5.58. The highest BCUT2D eigenvalue weighted by molar-refractivity contribution is 7.47. The van der Waals surface area contributed by atoms with E-state index >= 15 is 0 Å². The molecule has 0 aromatic rings. The van der Waals surface area contributed by atoms with Crippen LogP contribution in [0.3, 0.4) is 0 Å². The molecule has 0 saturated heterocycles. The predicted octanol–water partition coefficient (Wildman–Crippen LogP) is 9.58. The van der Waals surface area contributed by atoms with Gasteiger partial charge in [-0.3, -0.25) is 13.8 Å². The van der Waals surface area contributed by atoms with Crippen LogP contribution in [0.1, 0.15) is 162 Å². The summed E-state index contributed by atoms with van der Waals surface area (Å²) in [5.41, 5.74) is 5.33. The van der Waals surface area contributed by atoms with Crippen LogP contribution in [0, 0.1) is 0 Å². The lowest BCUT2D eigenvalue weighted by Crippen LogP contribution is -2.28. The number of hydrogen-bond donors (Lipinski definition) is 2. The summed E-state index contributed by atoms with van der Waals surface area (Å²) in [5.74, 6) is -0.339. The number of carbonyl (C=O) groups is 1. The summed E-state index contributed by atoms with van der Waals surface area (Å²) in [6.07, 6.45) is 31.0. The highest BCUT2D eigenvalue weighted by atomic mass is 31.2. The molecule has 3 N–H and O–H groups in total. The van der Waals surface area contributed by atoms with Crippen molar-refractivity contribution in [1.82, 2.24) is 0 Å². The molecule has 0 aliphatic heterocycles. The Kier molecular flexibility index (Phi) is 32.1. The van der Waals surface area contributed by atoms with Gasteiger partial charge in [0.2, 0.25) is 0 Å². The summed E-state index contributed by atoms with van der Waals surface area (Å²) in [7, 11) is -4.26. The molecule has 0 aliphatic carbocycles. The molecule has 0 bridgehead atoms. The Morgan fingerprint density at radius 2 is 1.16 bits per heavy atom. The van der Waals surface area contributed by atoms with Crippen molar-refractivity contribution in [2.24, 2.45) is 5.73 Å². The fraction of sp³-hybridized carbons (Fsp3) is 0.912. The van der Waals surface area contributed by atoms with E-state index in [1.165, 1.54) is 109 Å². The van der Waals surface area contributed by atoms with Gasteiger partial charge in [0.15, 0.2) is 0 Å². The Hall–Kier alpha value is -0.760. The number of phosphoric acid groups is 1. The van der Waals surface area contributed by atoms with Gasteiger partial charge in [0.05, 0.1) is 19.8 Å². The lowest BCUT2D eigenvalue weighted by atomic mass is 10.1. The number of ether oxygens (including phenoxy) is 2. The molecule has 8 nitrogen and oxygen atoms in total. The zero-order valence-corrected chi connectivity index (χ0v) is 28.8. The second-order valence-corrected chi connectivity index (χ2v) is 13.2. The quantitative estimate of drug-likeness (QED) is 0.0311. The van der Waals surface area contributed by atoms with Gasteiger partial charge in [-0.2, -0.15) is 0 Å². The third-order valence-electron chi connectivity index (χ3n) is 7.43. The normalized spacial score (nSPS) is 13.9. The molecular formula is C34H68NO7P. The summed E-state index contributed by atoms with van der Waals surface area (Å²) >= 11 is 0. The minimum atomic E-state index is -4.26. The maximum absolute atomic E-state index is 12.4. The molecule has 0 aliphatic rings. The molecule has 0 amide bonds. The lowest BCUT2D eigenvalue weighted by molar-refractivity contribution is -0.154. The molecule has 0 aromatic carbocycles. The number of rotatable bonds is 34. The maximum Gasteiger partial charge on any atom is 0.472 e. The van der Waals surface area contributed by atoms with Gasteiger partial charge >= 0.3 is 13.8 Å². The van der Waals surface area contributed by atoms with Gasteiger partial charge in [-0.05, 0) is 38.5 Å². The summed E-state index contributed by atoms with van der Waals surface area (Å²) in [6.45, 7) is 4.86. The first-order valence-electron chi connectivity index (χ1n) is 17.7. The van der Waals surface area contributed by atoms with E-state index in [1.807, 2.05) is 0 Å². The molecule has 0 aromatic heterocycles. The van der Waals surface area contributed by atoms with E-state index in [4.69, 9.17) is 24.3 Å². The Morgan fingerprint density at radius 3 is 1.70 bits per heavy atom. The van der Waals surface area contributed by atoms with Crippen molar-refractivity contribution in [1.29, 1.82) is 0 Å². The van der Waals surface area contributed by atoms with Crippen LogP contribution in [0.4, 0.5) is 0 Å². The second kappa shape index (κ2) is 32.6.